The molecule has 4 aromatic rings. The van der Waals surface area contributed by atoms with E-state index in [0.717, 1.165) is 84.0 Å². The van der Waals surface area contributed by atoms with Gasteiger partial charge in [-0.25, -0.2) is 16.8 Å². The molecule has 4 rings (SSSR count). The maximum atomic E-state index is 12.1. The second-order valence-corrected chi connectivity index (χ2v) is 24.1. The van der Waals surface area contributed by atoms with Gasteiger partial charge in [-0.3, -0.25) is 0 Å². The smallest absolute Gasteiger partial charge is 0.744 e. The van der Waals surface area contributed by atoms with Crippen LogP contribution in [-0.2, 0) is 45.9 Å². The molecule has 0 radical (unpaired) electrons. The van der Waals surface area contributed by atoms with Crippen molar-refractivity contribution in [1.29, 1.82) is 0 Å². The molecule has 0 fully saturated rings. The van der Waals surface area contributed by atoms with Gasteiger partial charge in [-0.1, -0.05) is 270 Å². The summed E-state index contributed by atoms with van der Waals surface area (Å²) in [4.78, 5) is -0.0109. The van der Waals surface area contributed by atoms with Crippen molar-refractivity contribution in [3.05, 3.63) is 82.9 Å². The SMILES string of the molecule is CCCCCCCCCCCc1cc2cccc(CCCCCCCCCCC)c2cc1S(=O)(=O)[O-].CCCCCCCCCCCc1cc2cccc(CCCCCCCCCCC)c2cc1S(=O)(=O)[O-].[Ca+2]. The number of benzene rings is 4. The van der Waals surface area contributed by atoms with Crippen molar-refractivity contribution in [3.63, 3.8) is 0 Å². The minimum absolute atomic E-state index is 0. The Morgan fingerprint density at radius 3 is 0.753 bits per heavy atom. The van der Waals surface area contributed by atoms with Gasteiger partial charge in [0.05, 0.1) is 9.79 Å². The Bertz CT molecular complexity index is 2100. The van der Waals surface area contributed by atoms with Crippen LogP contribution < -0.4 is 0 Å². The van der Waals surface area contributed by atoms with Crippen LogP contribution in [0.25, 0.3) is 21.5 Å². The Morgan fingerprint density at radius 1 is 0.301 bits per heavy atom. The fourth-order valence-electron chi connectivity index (χ4n) is 10.6. The van der Waals surface area contributed by atoms with Crippen LogP contribution in [0.1, 0.15) is 281 Å². The van der Waals surface area contributed by atoms with Gasteiger partial charge >= 0.3 is 37.7 Å². The van der Waals surface area contributed by atoms with Crippen LogP contribution >= 0.6 is 0 Å². The van der Waals surface area contributed by atoms with E-state index >= 15 is 0 Å². The summed E-state index contributed by atoms with van der Waals surface area (Å²) in [6, 6.07) is 19.7. The molecule has 0 N–H and O–H groups in total. The van der Waals surface area contributed by atoms with Crippen molar-refractivity contribution in [3.8, 4) is 0 Å². The van der Waals surface area contributed by atoms with Gasteiger partial charge in [0, 0.05) is 0 Å². The first kappa shape index (κ1) is 67.6. The number of fused-ring (bicyclic) bond motifs is 2. The van der Waals surface area contributed by atoms with Crippen molar-refractivity contribution < 1.29 is 25.9 Å². The predicted molar refractivity (Wildman–Crippen MR) is 313 cm³/mol. The van der Waals surface area contributed by atoms with E-state index in [2.05, 4.69) is 64.1 Å². The van der Waals surface area contributed by atoms with Crippen LogP contribution in [0.2, 0.25) is 0 Å². The Hall–Kier alpha value is -1.52. The number of aryl methyl sites for hydroxylation is 4. The molecule has 408 valence electrons. The molecule has 0 aliphatic heterocycles. The van der Waals surface area contributed by atoms with Gasteiger partial charge in [-0.15, -0.1) is 0 Å². The summed E-state index contributed by atoms with van der Waals surface area (Å²) in [5, 5.41) is 3.98. The third kappa shape index (κ3) is 29.2. The van der Waals surface area contributed by atoms with Crippen LogP contribution in [0.4, 0.5) is 0 Å². The summed E-state index contributed by atoms with van der Waals surface area (Å²) in [5.41, 5.74) is 3.71. The minimum atomic E-state index is -4.49. The topological polar surface area (TPSA) is 114 Å². The van der Waals surface area contributed by atoms with Crippen LogP contribution in [0.15, 0.2) is 70.5 Å². The molecule has 0 spiro atoms. The van der Waals surface area contributed by atoms with E-state index in [-0.39, 0.29) is 47.5 Å². The van der Waals surface area contributed by atoms with Gasteiger partial charge in [0.2, 0.25) is 0 Å². The maximum absolute atomic E-state index is 12.1. The molecular formula is C64H102CaO6S2. The Balaban J connectivity index is 0.000000493. The average Bonchev–Trinajstić information content (AvgIpc) is 3.35. The molecule has 0 heterocycles. The average molecular weight is 1070 g/mol. The Morgan fingerprint density at radius 2 is 0.521 bits per heavy atom. The van der Waals surface area contributed by atoms with Crippen molar-refractivity contribution in [1.82, 2.24) is 0 Å². The number of hydrogen-bond acceptors (Lipinski definition) is 6. The van der Waals surface area contributed by atoms with Crippen LogP contribution in [0.5, 0.6) is 0 Å². The zero-order chi connectivity index (χ0) is 52.1. The zero-order valence-electron chi connectivity index (χ0n) is 47.0. The van der Waals surface area contributed by atoms with Crippen LogP contribution in [-0.4, -0.2) is 63.7 Å². The molecule has 6 nitrogen and oxygen atoms in total. The second-order valence-electron chi connectivity index (χ2n) is 21.4. The minimum Gasteiger partial charge on any atom is -0.744 e. The molecular weight excluding hydrogens is 969 g/mol. The first-order chi connectivity index (χ1) is 34.9. The molecule has 9 heteroatoms. The van der Waals surface area contributed by atoms with E-state index in [1.54, 1.807) is 12.1 Å². The quantitative estimate of drug-likeness (QED) is 0.0248. The predicted octanol–water partition coefficient (Wildman–Crippen LogP) is 19.4. The Kier molecular flexibility index (Phi) is 38.5. The number of unbranched alkanes of at least 4 members (excludes halogenated alkanes) is 32. The Labute approximate surface area is 478 Å². The molecule has 0 aliphatic rings. The van der Waals surface area contributed by atoms with Gasteiger partial charge in [-0.2, -0.15) is 0 Å². The van der Waals surface area contributed by atoms with E-state index < -0.39 is 20.2 Å². The fraction of sp³-hybridized carbons (Fsp3) is 0.688. The van der Waals surface area contributed by atoms with Crippen molar-refractivity contribution in [2.45, 2.75) is 294 Å². The monoisotopic (exact) mass is 1070 g/mol. The van der Waals surface area contributed by atoms with Gasteiger partial charge < -0.3 is 9.11 Å². The van der Waals surface area contributed by atoms with Crippen molar-refractivity contribution in [2.75, 3.05) is 0 Å². The number of rotatable bonds is 42. The zero-order valence-corrected chi connectivity index (χ0v) is 50.9. The molecule has 0 bridgehead atoms. The first-order valence-corrected chi connectivity index (χ1v) is 32.8. The van der Waals surface area contributed by atoms with Gasteiger partial charge in [0.15, 0.2) is 0 Å². The molecule has 0 aliphatic carbocycles. The molecule has 0 saturated carbocycles. The summed E-state index contributed by atoms with van der Waals surface area (Å²) < 4.78 is 72.8. The maximum Gasteiger partial charge on any atom is 2.00 e. The summed E-state index contributed by atoms with van der Waals surface area (Å²) in [7, 11) is -8.99. The molecule has 0 atom stereocenters. The van der Waals surface area contributed by atoms with Crippen molar-refractivity contribution in [2.24, 2.45) is 0 Å². The van der Waals surface area contributed by atoms with E-state index in [4.69, 9.17) is 0 Å². The van der Waals surface area contributed by atoms with E-state index in [1.165, 1.54) is 193 Å². The molecule has 0 saturated heterocycles. The molecule has 73 heavy (non-hydrogen) atoms. The van der Waals surface area contributed by atoms with Gasteiger partial charge in [0.1, 0.15) is 20.2 Å². The molecule has 0 aromatic heterocycles. The summed E-state index contributed by atoms with van der Waals surface area (Å²) in [6.07, 6.45) is 48.3. The summed E-state index contributed by atoms with van der Waals surface area (Å²) in [6.45, 7) is 8.98. The molecule has 4 aromatic carbocycles. The molecule has 0 unspecified atom stereocenters. The fourth-order valence-corrected chi connectivity index (χ4v) is 12.1. The summed E-state index contributed by atoms with van der Waals surface area (Å²) >= 11 is 0. The normalized spacial score (nSPS) is 11.8. The second kappa shape index (κ2) is 41.6. The van der Waals surface area contributed by atoms with E-state index in [9.17, 15) is 25.9 Å². The van der Waals surface area contributed by atoms with E-state index in [1.807, 2.05) is 12.1 Å². The van der Waals surface area contributed by atoms with Crippen LogP contribution in [0.3, 0.4) is 0 Å². The third-order valence-corrected chi connectivity index (χ3v) is 16.9. The van der Waals surface area contributed by atoms with Crippen molar-refractivity contribution >= 4 is 79.5 Å². The first-order valence-electron chi connectivity index (χ1n) is 29.9. The molecule has 0 amide bonds. The van der Waals surface area contributed by atoms with Crippen LogP contribution in [0, 0.1) is 0 Å². The van der Waals surface area contributed by atoms with Gasteiger partial charge in [-0.05, 0) is 119 Å². The standard InChI is InChI=1S/2C32H52O3S.Ca/c2*1-3-5-7-9-11-13-15-17-19-22-28-24-21-25-29-26-30(32(27-31(28)29)36(33,34)35)23-20-18-16-14-12-10-8-6-4-2;/h2*21,24-27H,3-20,22-23H2,1-2H3,(H,33,34,35);/q;;+2/p-2. The van der Waals surface area contributed by atoms with E-state index in [0.29, 0.717) is 24.0 Å². The largest absolute Gasteiger partial charge is 2.00 e. The number of hydrogen-bond donors (Lipinski definition) is 0. The third-order valence-electron chi connectivity index (χ3n) is 15.0. The van der Waals surface area contributed by atoms with Gasteiger partial charge in [0.25, 0.3) is 0 Å². The summed E-state index contributed by atoms with van der Waals surface area (Å²) in [5.74, 6) is 0.